The number of nitrogens with zero attached hydrogens (tertiary/aromatic N) is 4. The largest absolute Gasteiger partial charge is 0.481 e. The molecule has 7 atom stereocenters. The number of thioether (sulfide) groups is 1. The summed E-state index contributed by atoms with van der Waals surface area (Å²) in [6.45, 7) is 2.49. The van der Waals surface area contributed by atoms with E-state index in [-0.39, 0.29) is 59.6 Å². The zero-order valence-electron chi connectivity index (χ0n) is 39.2. The van der Waals surface area contributed by atoms with E-state index >= 15 is 0 Å². The summed E-state index contributed by atoms with van der Waals surface area (Å²) in [5.41, 5.74) is 4.24. The number of hydrogen-bond donors (Lipinski definition) is 9. The molecule has 3 rings (SSSR count). The number of nitrogens with two attached hydrogens (primary N) is 1. The third-order valence-corrected chi connectivity index (χ3v) is 14.2. The van der Waals surface area contributed by atoms with Gasteiger partial charge in [-0.3, -0.25) is 37.3 Å². The van der Waals surface area contributed by atoms with Crippen molar-refractivity contribution < 1.29 is 85.3 Å². The SMILES string of the molecule is CCCC/C=C\C/C=C\C/C=C\CCCCCC(=O)CC(=O)SCCNC(=O)CCNC(=O)[C@H](O)C(C)(C)COP(=O)(O)OP(=O)(O)OC[C@H]1O[C@@H](n2cnc3c(N)ncnc32)[C@H](O)[C@@H]1OP(=O)(O)O. The maximum atomic E-state index is 12.7. The molecule has 2 amide bonds. The molecule has 1 saturated heterocycles. The number of aliphatic hydroxyl groups excluding tert-OH is 2. The van der Waals surface area contributed by atoms with E-state index in [9.17, 15) is 62.7 Å². The number of allylic oxidation sites excluding steroid dienone is 6. The van der Waals surface area contributed by atoms with Gasteiger partial charge in [0.15, 0.2) is 22.8 Å². The topological polar surface area (TPSA) is 381 Å². The van der Waals surface area contributed by atoms with Gasteiger partial charge in [0, 0.05) is 37.1 Å². The number of anilines is 1. The normalized spacial score (nSPS) is 20.0. The molecular weight excluding hydrogens is 1000 g/mol. The van der Waals surface area contributed by atoms with Crippen LogP contribution >= 0.6 is 35.2 Å². The van der Waals surface area contributed by atoms with E-state index in [1.54, 1.807) is 0 Å². The van der Waals surface area contributed by atoms with Gasteiger partial charge in [0.05, 0.1) is 26.0 Å². The van der Waals surface area contributed by atoms with Crippen molar-refractivity contribution in [2.24, 2.45) is 5.41 Å². The molecule has 0 spiro atoms. The Balaban J connectivity index is 1.30. The van der Waals surface area contributed by atoms with E-state index < -0.39 is 84.6 Å². The van der Waals surface area contributed by atoms with Crippen molar-refractivity contribution in [1.29, 1.82) is 0 Å². The number of phosphoric acid groups is 3. The minimum Gasteiger partial charge on any atom is -0.386 e. The Morgan fingerprint density at radius 2 is 1.56 bits per heavy atom. The molecule has 0 aromatic carbocycles. The third-order valence-electron chi connectivity index (χ3n) is 10.2. The molecule has 0 saturated carbocycles. The summed E-state index contributed by atoms with van der Waals surface area (Å²) in [6.07, 6.45) is 14.9. The number of hydrogen-bond acceptors (Lipinski definition) is 19. The first-order valence-corrected chi connectivity index (χ1v) is 28.0. The molecule has 2 unspecified atom stereocenters. The van der Waals surface area contributed by atoms with Crippen LogP contribution in [0.5, 0.6) is 0 Å². The lowest BCUT2D eigenvalue weighted by molar-refractivity contribution is -0.137. The van der Waals surface area contributed by atoms with E-state index in [0.29, 0.717) is 12.8 Å². The molecule has 2 aromatic heterocycles. The van der Waals surface area contributed by atoms with Crippen LogP contribution in [-0.4, -0.2) is 128 Å². The number of aromatic nitrogens is 4. The Kier molecular flexibility index (Phi) is 25.9. The fraction of sp³-hybridized carbons (Fsp3) is 0.634. The van der Waals surface area contributed by atoms with Gasteiger partial charge in [-0.1, -0.05) is 88.3 Å². The number of rotatable bonds is 34. The van der Waals surface area contributed by atoms with Gasteiger partial charge in [0.25, 0.3) is 0 Å². The Bertz CT molecular complexity index is 2260. The highest BCUT2D eigenvalue weighted by molar-refractivity contribution is 8.13. The van der Waals surface area contributed by atoms with Crippen molar-refractivity contribution in [2.45, 2.75) is 128 Å². The highest BCUT2D eigenvalue weighted by Crippen LogP contribution is 2.61. The first-order chi connectivity index (χ1) is 32.9. The predicted molar refractivity (Wildman–Crippen MR) is 256 cm³/mol. The number of fused-ring (bicyclic) bond motifs is 1. The lowest BCUT2D eigenvalue weighted by Gasteiger charge is -2.30. The number of imidazole rings is 1. The van der Waals surface area contributed by atoms with Gasteiger partial charge in [0.1, 0.15) is 42.0 Å². The maximum absolute atomic E-state index is 12.7. The van der Waals surface area contributed by atoms with Crippen LogP contribution in [0.25, 0.3) is 11.2 Å². The average molecular weight is 1070 g/mol. The second-order valence-corrected chi connectivity index (χ2v) is 22.0. The van der Waals surface area contributed by atoms with Crippen LogP contribution in [0.2, 0.25) is 0 Å². The minimum absolute atomic E-state index is 0.0242. The predicted octanol–water partition coefficient (Wildman–Crippen LogP) is 4.21. The number of ether oxygens (including phenoxy) is 1. The molecular formula is C41H66N7O18P3S. The Hall–Kier alpha value is -3.55. The number of nitrogens with one attached hydrogen (secondary N) is 2. The van der Waals surface area contributed by atoms with Crippen molar-refractivity contribution in [3.63, 3.8) is 0 Å². The summed E-state index contributed by atoms with van der Waals surface area (Å²) in [6, 6.07) is 0. The summed E-state index contributed by atoms with van der Waals surface area (Å²) >= 11 is 0.923. The van der Waals surface area contributed by atoms with Crippen LogP contribution in [-0.2, 0) is 55.5 Å². The van der Waals surface area contributed by atoms with Gasteiger partial charge in [-0.15, -0.1) is 0 Å². The smallest absolute Gasteiger partial charge is 0.386 e. The van der Waals surface area contributed by atoms with Crippen LogP contribution in [0.1, 0.15) is 104 Å². The molecule has 25 nitrogen and oxygen atoms in total. The van der Waals surface area contributed by atoms with Gasteiger partial charge < -0.3 is 50.9 Å². The van der Waals surface area contributed by atoms with E-state index in [4.69, 9.17) is 19.5 Å². The van der Waals surface area contributed by atoms with Crippen LogP contribution in [0.15, 0.2) is 49.1 Å². The fourth-order valence-electron chi connectivity index (χ4n) is 6.46. The number of nitrogen functional groups attached to an aromatic ring is 1. The van der Waals surface area contributed by atoms with Gasteiger partial charge >= 0.3 is 23.5 Å². The molecule has 3 heterocycles. The lowest BCUT2D eigenvalue weighted by Crippen LogP contribution is -2.46. The number of unbranched alkanes of at least 4 members (excludes halogenated alkanes) is 5. The third kappa shape index (κ3) is 22.5. The summed E-state index contributed by atoms with van der Waals surface area (Å²) < 4.78 is 62.4. The van der Waals surface area contributed by atoms with Crippen molar-refractivity contribution >= 4 is 74.9 Å². The average Bonchev–Trinajstić information content (AvgIpc) is 3.84. The van der Waals surface area contributed by atoms with E-state index in [1.807, 2.05) is 0 Å². The second kappa shape index (κ2) is 29.8. The zero-order valence-corrected chi connectivity index (χ0v) is 42.7. The highest BCUT2D eigenvalue weighted by atomic mass is 32.2. The molecule has 0 aliphatic carbocycles. The Labute approximate surface area is 409 Å². The summed E-state index contributed by atoms with van der Waals surface area (Å²) in [5, 5.41) is 26.2. The summed E-state index contributed by atoms with van der Waals surface area (Å²) in [7, 11) is -16.5. The number of ketones is 1. The molecule has 70 heavy (non-hydrogen) atoms. The van der Waals surface area contributed by atoms with Gasteiger partial charge in [0.2, 0.25) is 11.8 Å². The van der Waals surface area contributed by atoms with E-state index in [0.717, 1.165) is 67.5 Å². The Morgan fingerprint density at radius 1 is 0.900 bits per heavy atom. The molecule has 0 radical (unpaired) electrons. The lowest BCUT2D eigenvalue weighted by atomic mass is 9.87. The second-order valence-electron chi connectivity index (χ2n) is 16.6. The van der Waals surface area contributed by atoms with Crippen molar-refractivity contribution in [3.05, 3.63) is 49.1 Å². The monoisotopic (exact) mass is 1070 g/mol. The number of Topliss-reactive ketones (excluding diaryl/α,β-unsaturated/α-hetero) is 1. The van der Waals surface area contributed by atoms with Crippen LogP contribution in [0.3, 0.4) is 0 Å². The minimum atomic E-state index is -5.59. The molecule has 394 valence electrons. The first kappa shape index (κ1) is 60.8. The molecule has 10 N–H and O–H groups in total. The number of aliphatic hydroxyl groups is 2. The van der Waals surface area contributed by atoms with Gasteiger partial charge in [-0.25, -0.2) is 28.6 Å². The Morgan fingerprint density at radius 3 is 2.23 bits per heavy atom. The molecule has 29 heteroatoms. The highest BCUT2D eigenvalue weighted by Gasteiger charge is 2.50. The maximum Gasteiger partial charge on any atom is 0.481 e. The van der Waals surface area contributed by atoms with Crippen LogP contribution in [0, 0.1) is 5.41 Å². The van der Waals surface area contributed by atoms with E-state index in [2.05, 4.69) is 77.8 Å². The summed E-state index contributed by atoms with van der Waals surface area (Å²) in [5.74, 6) is -1.45. The van der Waals surface area contributed by atoms with Crippen molar-refractivity contribution in [1.82, 2.24) is 30.2 Å². The first-order valence-electron chi connectivity index (χ1n) is 22.5. The van der Waals surface area contributed by atoms with Crippen molar-refractivity contribution in [2.75, 3.05) is 37.8 Å². The molecule has 2 aromatic rings. The number of carbonyl (C=O) groups excluding carboxylic acids is 4. The van der Waals surface area contributed by atoms with Gasteiger partial charge in [-0.2, -0.15) is 4.31 Å². The quantitative estimate of drug-likeness (QED) is 0.0205. The fourth-order valence-corrected chi connectivity index (χ4v) is 9.98. The van der Waals surface area contributed by atoms with Crippen LogP contribution in [0.4, 0.5) is 5.82 Å². The van der Waals surface area contributed by atoms with E-state index in [1.165, 1.54) is 26.7 Å². The standard InChI is InChI=1S/C41H66N7O18P3S/c1-4-5-6-7-8-9-10-11-12-13-14-15-16-17-18-19-29(49)24-32(51)70-23-22-43-31(50)20-21-44-39(54)36(53)41(2,3)26-63-69(60,61)66-68(58,59)62-25-30-35(65-67(55,56)57)34(52)40(64-30)48-28-47-33-37(42)45-27-46-38(33)48/h7-8,10-11,13-14,27-28,30,34-36,40,52-53H,4-6,9,12,15-26H2,1-3H3,(H,43,50)(H,44,54)(H,58,59)(H,60,61)(H2,42,45,46)(H2,55,56,57)/b8-7-,11-10-,14-13-/t30-,34-,35-,36+,40-/m1/s1. The molecule has 1 aliphatic heterocycles. The number of amides is 2. The zero-order chi connectivity index (χ0) is 52.0. The van der Waals surface area contributed by atoms with Crippen LogP contribution < -0.4 is 16.4 Å². The molecule has 1 fully saturated rings. The number of phosphoric ester groups is 3. The number of carbonyl (C=O) groups is 4. The molecule has 1 aliphatic rings. The van der Waals surface area contributed by atoms with Crippen molar-refractivity contribution in [3.8, 4) is 0 Å². The molecule has 0 bridgehead atoms. The van der Waals surface area contributed by atoms with Gasteiger partial charge in [-0.05, 0) is 38.5 Å². The summed E-state index contributed by atoms with van der Waals surface area (Å²) in [4.78, 5) is 101.